The number of anilines is 1. The summed E-state index contributed by atoms with van der Waals surface area (Å²) < 4.78 is 0. The molecule has 0 aromatic heterocycles. The van der Waals surface area contributed by atoms with E-state index in [2.05, 4.69) is 23.5 Å². The average Bonchev–Trinajstić information content (AvgIpc) is 3.03. The Labute approximate surface area is 139 Å². The van der Waals surface area contributed by atoms with Crippen molar-refractivity contribution in [3.05, 3.63) is 76.3 Å². The average molecular weight is 325 g/mol. The van der Waals surface area contributed by atoms with E-state index in [0.29, 0.717) is 5.92 Å². The number of rotatable bonds is 2. The molecule has 2 aromatic carbocycles. The molecular formula is C19H15ClNO2-. The van der Waals surface area contributed by atoms with E-state index in [4.69, 9.17) is 11.6 Å². The van der Waals surface area contributed by atoms with Gasteiger partial charge in [-0.05, 0) is 53.3 Å². The largest absolute Gasteiger partial charge is 0.545 e. The van der Waals surface area contributed by atoms with Crippen molar-refractivity contribution in [1.82, 2.24) is 0 Å². The fourth-order valence-electron chi connectivity index (χ4n) is 3.75. The molecule has 116 valence electrons. The van der Waals surface area contributed by atoms with Gasteiger partial charge in [0.15, 0.2) is 0 Å². The second kappa shape index (κ2) is 5.43. The molecule has 23 heavy (non-hydrogen) atoms. The number of carbonyl (C=O) groups is 1. The Kier molecular flexibility index (Phi) is 3.38. The number of hydrogen-bond acceptors (Lipinski definition) is 3. The summed E-state index contributed by atoms with van der Waals surface area (Å²) in [6.07, 6.45) is 5.32. The van der Waals surface area contributed by atoms with Crippen LogP contribution in [-0.2, 0) is 0 Å². The molecule has 1 N–H and O–H groups in total. The standard InChI is InChI=1S/C19H16ClNO2/c20-13-4-1-3-11(9-13)18-15-6-2-5-14(15)16-10-12(19(22)23)7-8-17(16)21-18/h1-5,7-10,14-15,18,21H,6H2,(H,22,23)/p-1/t14-,15+,18+/m0/s1. The first kappa shape index (κ1) is 14.3. The van der Waals surface area contributed by atoms with Crippen molar-refractivity contribution < 1.29 is 9.90 Å². The van der Waals surface area contributed by atoms with Crippen LogP contribution in [0.3, 0.4) is 0 Å². The first-order valence-corrected chi connectivity index (χ1v) is 8.05. The normalized spacial score (nSPS) is 24.7. The monoisotopic (exact) mass is 324 g/mol. The molecule has 2 aliphatic rings. The first-order valence-electron chi connectivity index (χ1n) is 7.67. The summed E-state index contributed by atoms with van der Waals surface area (Å²) in [6.45, 7) is 0. The van der Waals surface area contributed by atoms with Crippen molar-refractivity contribution in [2.24, 2.45) is 5.92 Å². The number of hydrogen-bond donors (Lipinski definition) is 1. The third-order valence-electron chi connectivity index (χ3n) is 4.81. The Balaban J connectivity index is 1.79. The molecule has 0 saturated carbocycles. The summed E-state index contributed by atoms with van der Waals surface area (Å²) in [5, 5.41) is 15.4. The van der Waals surface area contributed by atoms with Crippen LogP contribution in [0.5, 0.6) is 0 Å². The van der Waals surface area contributed by atoms with E-state index < -0.39 is 5.97 Å². The lowest BCUT2D eigenvalue weighted by Crippen LogP contribution is -2.30. The Morgan fingerprint density at radius 3 is 2.87 bits per heavy atom. The highest BCUT2D eigenvalue weighted by atomic mass is 35.5. The van der Waals surface area contributed by atoms with Crippen LogP contribution in [0.15, 0.2) is 54.6 Å². The Morgan fingerprint density at radius 2 is 2.09 bits per heavy atom. The van der Waals surface area contributed by atoms with Gasteiger partial charge in [0.05, 0.1) is 12.0 Å². The van der Waals surface area contributed by atoms with Gasteiger partial charge in [-0.3, -0.25) is 0 Å². The predicted molar refractivity (Wildman–Crippen MR) is 88.6 cm³/mol. The molecule has 3 nitrogen and oxygen atoms in total. The minimum Gasteiger partial charge on any atom is -0.545 e. The number of aromatic carboxylic acids is 1. The Morgan fingerprint density at radius 1 is 1.22 bits per heavy atom. The number of benzene rings is 2. The van der Waals surface area contributed by atoms with Crippen molar-refractivity contribution >= 4 is 23.3 Å². The molecule has 1 aliphatic heterocycles. The lowest BCUT2D eigenvalue weighted by molar-refractivity contribution is -0.255. The second-order valence-corrected chi connectivity index (χ2v) is 6.56. The molecule has 2 aromatic rings. The molecule has 4 rings (SSSR count). The molecule has 0 radical (unpaired) electrons. The summed E-state index contributed by atoms with van der Waals surface area (Å²) in [7, 11) is 0. The topological polar surface area (TPSA) is 52.2 Å². The zero-order chi connectivity index (χ0) is 16.0. The van der Waals surface area contributed by atoms with E-state index in [-0.39, 0.29) is 17.5 Å². The van der Waals surface area contributed by atoms with Gasteiger partial charge in [-0.25, -0.2) is 0 Å². The quantitative estimate of drug-likeness (QED) is 0.860. The molecule has 0 saturated heterocycles. The summed E-state index contributed by atoms with van der Waals surface area (Å²) in [6, 6.07) is 13.2. The maximum absolute atomic E-state index is 11.1. The molecule has 0 amide bonds. The highest BCUT2D eigenvalue weighted by Crippen LogP contribution is 2.50. The van der Waals surface area contributed by atoms with E-state index in [1.165, 1.54) is 0 Å². The molecule has 1 heterocycles. The molecule has 0 spiro atoms. The summed E-state index contributed by atoms with van der Waals surface area (Å²) in [5.74, 6) is -0.559. The third-order valence-corrected chi connectivity index (χ3v) is 5.04. The highest BCUT2D eigenvalue weighted by molar-refractivity contribution is 6.30. The zero-order valence-electron chi connectivity index (χ0n) is 12.3. The van der Waals surface area contributed by atoms with Gasteiger partial charge in [0.25, 0.3) is 0 Å². The number of carboxylic acids is 1. The number of carboxylic acid groups (broad SMARTS) is 1. The van der Waals surface area contributed by atoms with Gasteiger partial charge < -0.3 is 15.2 Å². The van der Waals surface area contributed by atoms with Gasteiger partial charge >= 0.3 is 0 Å². The third kappa shape index (κ3) is 2.41. The van der Waals surface area contributed by atoms with Crippen LogP contribution in [0.1, 0.15) is 39.9 Å². The van der Waals surface area contributed by atoms with Gasteiger partial charge in [-0.15, -0.1) is 0 Å². The van der Waals surface area contributed by atoms with E-state index in [1.807, 2.05) is 24.3 Å². The van der Waals surface area contributed by atoms with Crippen molar-refractivity contribution in [2.75, 3.05) is 5.32 Å². The predicted octanol–water partition coefficient (Wildman–Crippen LogP) is 3.53. The highest BCUT2D eigenvalue weighted by Gasteiger charge is 2.37. The SMILES string of the molecule is O=C([O-])c1ccc2c(c1)[C@H]1C=CC[C@H]1[C@@H](c1cccc(Cl)c1)N2. The van der Waals surface area contributed by atoms with Crippen LogP contribution < -0.4 is 10.4 Å². The molecular weight excluding hydrogens is 310 g/mol. The zero-order valence-corrected chi connectivity index (χ0v) is 13.1. The number of halogens is 1. The van der Waals surface area contributed by atoms with Crippen LogP contribution in [0.4, 0.5) is 5.69 Å². The fourth-order valence-corrected chi connectivity index (χ4v) is 3.95. The van der Waals surface area contributed by atoms with E-state index in [9.17, 15) is 9.90 Å². The van der Waals surface area contributed by atoms with Crippen LogP contribution in [0, 0.1) is 5.92 Å². The number of allylic oxidation sites excluding steroid dienone is 2. The molecule has 1 aliphatic carbocycles. The minimum absolute atomic E-state index is 0.162. The van der Waals surface area contributed by atoms with Crippen molar-refractivity contribution in [3.8, 4) is 0 Å². The number of fused-ring (bicyclic) bond motifs is 3. The maximum atomic E-state index is 11.1. The second-order valence-electron chi connectivity index (χ2n) is 6.12. The lowest BCUT2D eigenvalue weighted by Gasteiger charge is -2.38. The molecule has 0 unspecified atom stereocenters. The van der Waals surface area contributed by atoms with Gasteiger partial charge in [-0.2, -0.15) is 0 Å². The summed E-state index contributed by atoms with van der Waals surface area (Å²) in [4.78, 5) is 11.1. The van der Waals surface area contributed by atoms with Gasteiger partial charge in [0, 0.05) is 16.6 Å². The number of nitrogens with one attached hydrogen (secondary N) is 1. The molecule has 0 fully saturated rings. The van der Waals surface area contributed by atoms with Crippen LogP contribution in [0.25, 0.3) is 0 Å². The van der Waals surface area contributed by atoms with Crippen LogP contribution in [0.2, 0.25) is 5.02 Å². The first-order chi connectivity index (χ1) is 11.1. The molecule has 3 atom stereocenters. The van der Waals surface area contributed by atoms with Crippen LogP contribution >= 0.6 is 11.6 Å². The minimum atomic E-state index is -1.14. The van der Waals surface area contributed by atoms with E-state index >= 15 is 0 Å². The Bertz CT molecular complexity index is 815. The van der Waals surface area contributed by atoms with E-state index in [1.54, 1.807) is 12.1 Å². The van der Waals surface area contributed by atoms with Crippen molar-refractivity contribution in [1.29, 1.82) is 0 Å². The van der Waals surface area contributed by atoms with Crippen molar-refractivity contribution in [2.45, 2.75) is 18.4 Å². The van der Waals surface area contributed by atoms with Gasteiger partial charge in [0.1, 0.15) is 0 Å². The van der Waals surface area contributed by atoms with E-state index in [0.717, 1.165) is 28.3 Å². The van der Waals surface area contributed by atoms with Crippen molar-refractivity contribution in [3.63, 3.8) is 0 Å². The summed E-state index contributed by atoms with van der Waals surface area (Å²) >= 11 is 6.15. The number of carbonyl (C=O) groups excluding carboxylic acids is 1. The van der Waals surface area contributed by atoms with Gasteiger partial charge in [0.2, 0.25) is 0 Å². The molecule has 4 heteroatoms. The smallest absolute Gasteiger partial charge is 0.0715 e. The fraction of sp³-hybridized carbons (Fsp3) is 0.211. The maximum Gasteiger partial charge on any atom is 0.0715 e. The summed E-state index contributed by atoms with van der Waals surface area (Å²) in [5.41, 5.74) is 3.40. The Hall–Kier alpha value is -2.26. The molecule has 0 bridgehead atoms. The van der Waals surface area contributed by atoms with Crippen LogP contribution in [-0.4, -0.2) is 5.97 Å². The lowest BCUT2D eigenvalue weighted by atomic mass is 9.76. The van der Waals surface area contributed by atoms with Gasteiger partial charge in [-0.1, -0.05) is 42.0 Å².